The maximum absolute atomic E-state index is 13.7. The molecular formula is C15H20F2N2. The van der Waals surface area contributed by atoms with Crippen LogP contribution in [-0.2, 0) is 0 Å². The monoisotopic (exact) mass is 266 g/mol. The van der Waals surface area contributed by atoms with E-state index in [0.717, 1.165) is 45.2 Å². The average Bonchev–Trinajstić information content (AvgIpc) is 2.40. The van der Waals surface area contributed by atoms with Crippen LogP contribution in [0.15, 0.2) is 30.4 Å². The van der Waals surface area contributed by atoms with Gasteiger partial charge in [-0.1, -0.05) is 19.1 Å². The van der Waals surface area contributed by atoms with Gasteiger partial charge in [-0.3, -0.25) is 4.90 Å². The highest BCUT2D eigenvalue weighted by atomic mass is 19.1. The number of piperazine rings is 1. The molecule has 1 aromatic rings. The number of nitrogens with zero attached hydrogens (tertiary/aromatic N) is 2. The molecule has 104 valence electrons. The van der Waals surface area contributed by atoms with Gasteiger partial charge in [0.25, 0.3) is 0 Å². The van der Waals surface area contributed by atoms with Gasteiger partial charge in [-0.25, -0.2) is 8.78 Å². The van der Waals surface area contributed by atoms with E-state index in [0.29, 0.717) is 5.69 Å². The lowest BCUT2D eigenvalue weighted by atomic mass is 10.2. The minimum Gasteiger partial charge on any atom is -0.367 e. The number of hydrogen-bond donors (Lipinski definition) is 0. The van der Waals surface area contributed by atoms with Crippen molar-refractivity contribution in [1.29, 1.82) is 0 Å². The topological polar surface area (TPSA) is 6.48 Å². The Morgan fingerprint density at radius 3 is 2.47 bits per heavy atom. The highest BCUT2D eigenvalue weighted by Gasteiger charge is 2.18. The second kappa shape index (κ2) is 6.66. The zero-order valence-electron chi connectivity index (χ0n) is 11.3. The average molecular weight is 266 g/mol. The first-order chi connectivity index (χ1) is 9.20. The van der Waals surface area contributed by atoms with Crippen molar-refractivity contribution in [2.24, 2.45) is 0 Å². The summed E-state index contributed by atoms with van der Waals surface area (Å²) in [4.78, 5) is 4.32. The van der Waals surface area contributed by atoms with Crippen molar-refractivity contribution in [1.82, 2.24) is 4.90 Å². The Hall–Kier alpha value is -1.42. The van der Waals surface area contributed by atoms with Crippen LogP contribution < -0.4 is 4.90 Å². The van der Waals surface area contributed by atoms with Crippen LogP contribution >= 0.6 is 0 Å². The highest BCUT2D eigenvalue weighted by molar-refractivity contribution is 5.48. The minimum atomic E-state index is -0.524. The van der Waals surface area contributed by atoms with E-state index in [4.69, 9.17) is 0 Å². The summed E-state index contributed by atoms with van der Waals surface area (Å²) in [7, 11) is 0. The molecule has 2 rings (SSSR count). The molecule has 0 aromatic heterocycles. The van der Waals surface area contributed by atoms with Crippen LogP contribution in [0.2, 0.25) is 0 Å². The van der Waals surface area contributed by atoms with Gasteiger partial charge in [0.05, 0.1) is 5.69 Å². The van der Waals surface area contributed by atoms with E-state index < -0.39 is 11.6 Å². The van der Waals surface area contributed by atoms with Crippen LogP contribution in [-0.4, -0.2) is 37.6 Å². The second-order valence-electron chi connectivity index (χ2n) is 4.76. The number of rotatable bonds is 4. The van der Waals surface area contributed by atoms with Crippen molar-refractivity contribution < 1.29 is 8.78 Å². The largest absolute Gasteiger partial charge is 0.367 e. The van der Waals surface area contributed by atoms with E-state index in [-0.39, 0.29) is 0 Å². The first kappa shape index (κ1) is 14.0. The zero-order chi connectivity index (χ0) is 13.7. The van der Waals surface area contributed by atoms with Gasteiger partial charge in [0.1, 0.15) is 11.6 Å². The van der Waals surface area contributed by atoms with Crippen molar-refractivity contribution in [3.63, 3.8) is 0 Å². The molecule has 0 amide bonds. The molecule has 0 radical (unpaired) electrons. The predicted molar refractivity (Wildman–Crippen MR) is 74.4 cm³/mol. The van der Waals surface area contributed by atoms with Crippen molar-refractivity contribution in [3.05, 3.63) is 42.0 Å². The molecule has 0 unspecified atom stereocenters. The molecule has 0 aliphatic carbocycles. The molecule has 1 aliphatic heterocycles. The fourth-order valence-corrected chi connectivity index (χ4v) is 2.30. The van der Waals surface area contributed by atoms with Gasteiger partial charge in [-0.15, -0.1) is 0 Å². The summed E-state index contributed by atoms with van der Waals surface area (Å²) >= 11 is 0. The lowest BCUT2D eigenvalue weighted by Gasteiger charge is -2.35. The van der Waals surface area contributed by atoms with Crippen LogP contribution in [0.3, 0.4) is 0 Å². The standard InChI is InChI=1S/C15H20F2N2/c1-2-3-4-7-18-8-10-19(11-9-18)15-6-5-13(16)12-14(15)17/h3-6,12H,2,7-11H2,1H3/b4-3+. The van der Waals surface area contributed by atoms with Gasteiger partial charge in [0.2, 0.25) is 0 Å². The molecule has 0 N–H and O–H groups in total. The zero-order valence-corrected chi connectivity index (χ0v) is 11.3. The third kappa shape index (κ3) is 3.77. The number of benzene rings is 1. The SMILES string of the molecule is CC/C=C/CN1CCN(c2ccc(F)cc2F)CC1. The Morgan fingerprint density at radius 2 is 1.84 bits per heavy atom. The molecule has 1 aromatic carbocycles. The fourth-order valence-electron chi connectivity index (χ4n) is 2.30. The molecule has 0 saturated carbocycles. The normalized spacial score (nSPS) is 17.3. The molecule has 4 heteroatoms. The lowest BCUT2D eigenvalue weighted by molar-refractivity contribution is 0.283. The van der Waals surface area contributed by atoms with E-state index in [1.54, 1.807) is 0 Å². The summed E-state index contributed by atoms with van der Waals surface area (Å²) in [5.41, 5.74) is 0.505. The first-order valence-electron chi connectivity index (χ1n) is 6.78. The van der Waals surface area contributed by atoms with Gasteiger partial charge in [-0.2, -0.15) is 0 Å². The molecule has 1 aliphatic rings. The summed E-state index contributed by atoms with van der Waals surface area (Å²) in [5.74, 6) is -0.996. The molecule has 1 heterocycles. The fraction of sp³-hybridized carbons (Fsp3) is 0.467. The number of allylic oxidation sites excluding steroid dienone is 1. The Bertz CT molecular complexity index is 438. The molecule has 0 spiro atoms. The molecular weight excluding hydrogens is 246 g/mol. The number of anilines is 1. The Balaban J connectivity index is 1.90. The smallest absolute Gasteiger partial charge is 0.149 e. The second-order valence-corrected chi connectivity index (χ2v) is 4.76. The summed E-state index contributed by atoms with van der Waals surface area (Å²) < 4.78 is 26.5. The molecule has 19 heavy (non-hydrogen) atoms. The van der Waals surface area contributed by atoms with Gasteiger partial charge in [0.15, 0.2) is 0 Å². The lowest BCUT2D eigenvalue weighted by Crippen LogP contribution is -2.46. The van der Waals surface area contributed by atoms with Gasteiger partial charge in [-0.05, 0) is 18.6 Å². The van der Waals surface area contributed by atoms with Crippen LogP contribution in [0.1, 0.15) is 13.3 Å². The van der Waals surface area contributed by atoms with Crippen LogP contribution in [0.4, 0.5) is 14.5 Å². The van der Waals surface area contributed by atoms with Crippen molar-refractivity contribution in [3.8, 4) is 0 Å². The Kier molecular flexibility index (Phi) is 4.91. The number of halogens is 2. The third-order valence-corrected chi connectivity index (χ3v) is 3.39. The number of hydrogen-bond acceptors (Lipinski definition) is 2. The van der Waals surface area contributed by atoms with E-state index in [2.05, 4.69) is 24.0 Å². The summed E-state index contributed by atoms with van der Waals surface area (Å²) in [6.07, 6.45) is 5.39. The first-order valence-corrected chi connectivity index (χ1v) is 6.78. The van der Waals surface area contributed by atoms with E-state index in [1.165, 1.54) is 12.1 Å². The predicted octanol–water partition coefficient (Wildman–Crippen LogP) is 3.05. The van der Waals surface area contributed by atoms with Crippen LogP contribution in [0.5, 0.6) is 0 Å². The van der Waals surface area contributed by atoms with Gasteiger partial charge >= 0.3 is 0 Å². The Labute approximate surface area is 113 Å². The highest BCUT2D eigenvalue weighted by Crippen LogP contribution is 2.21. The van der Waals surface area contributed by atoms with E-state index in [9.17, 15) is 8.78 Å². The van der Waals surface area contributed by atoms with Crippen molar-refractivity contribution in [2.75, 3.05) is 37.6 Å². The Morgan fingerprint density at radius 1 is 1.11 bits per heavy atom. The maximum Gasteiger partial charge on any atom is 0.149 e. The van der Waals surface area contributed by atoms with E-state index in [1.807, 2.05) is 4.90 Å². The minimum absolute atomic E-state index is 0.473. The van der Waals surface area contributed by atoms with Crippen LogP contribution in [0.25, 0.3) is 0 Å². The van der Waals surface area contributed by atoms with Crippen LogP contribution in [0, 0.1) is 11.6 Å². The molecule has 2 nitrogen and oxygen atoms in total. The molecule has 1 fully saturated rings. The molecule has 1 saturated heterocycles. The summed E-state index contributed by atoms with van der Waals surface area (Å²) in [6, 6.07) is 3.79. The quantitative estimate of drug-likeness (QED) is 0.773. The maximum atomic E-state index is 13.7. The third-order valence-electron chi connectivity index (χ3n) is 3.39. The van der Waals surface area contributed by atoms with Gasteiger partial charge in [0, 0.05) is 38.8 Å². The van der Waals surface area contributed by atoms with Crippen molar-refractivity contribution >= 4 is 5.69 Å². The summed E-state index contributed by atoms with van der Waals surface area (Å²) in [5, 5.41) is 0. The molecule has 0 bridgehead atoms. The molecule has 0 atom stereocenters. The van der Waals surface area contributed by atoms with Gasteiger partial charge < -0.3 is 4.90 Å². The van der Waals surface area contributed by atoms with E-state index >= 15 is 0 Å². The van der Waals surface area contributed by atoms with Crippen molar-refractivity contribution in [2.45, 2.75) is 13.3 Å². The summed E-state index contributed by atoms with van der Waals surface area (Å²) in [6.45, 7) is 6.44.